The van der Waals surface area contributed by atoms with Gasteiger partial charge in [0.2, 0.25) is 5.91 Å². The van der Waals surface area contributed by atoms with E-state index in [1.165, 1.54) is 29.8 Å². The van der Waals surface area contributed by atoms with Crippen molar-refractivity contribution >= 4 is 45.0 Å². The number of halogens is 1. The van der Waals surface area contributed by atoms with E-state index in [2.05, 4.69) is 5.32 Å². The molecular formula is C25H27ClN2O4S2. The Balaban J connectivity index is 1.71. The number of hydrogen-bond acceptors (Lipinski definition) is 5. The smallest absolute Gasteiger partial charge is 0.264 e. The number of carbonyl (C=O) groups excluding carboxylic acids is 1. The Hall–Kier alpha value is -2.68. The lowest BCUT2D eigenvalue weighted by Crippen LogP contribution is -2.41. The van der Waals surface area contributed by atoms with Crippen molar-refractivity contribution in [3.8, 4) is 5.75 Å². The van der Waals surface area contributed by atoms with Crippen LogP contribution in [-0.2, 0) is 14.8 Å². The summed E-state index contributed by atoms with van der Waals surface area (Å²) in [6, 6.07) is 20.6. The lowest BCUT2D eigenvalue weighted by molar-refractivity contribution is -0.119. The maximum Gasteiger partial charge on any atom is 0.264 e. The number of nitrogens with one attached hydrogen (secondary N) is 1. The molecule has 3 aromatic rings. The van der Waals surface area contributed by atoms with Crippen LogP contribution in [0.5, 0.6) is 5.75 Å². The molecule has 0 aliphatic carbocycles. The third kappa shape index (κ3) is 7.16. The van der Waals surface area contributed by atoms with Gasteiger partial charge >= 0.3 is 0 Å². The topological polar surface area (TPSA) is 75.7 Å². The fraction of sp³-hybridized carbons (Fsp3) is 0.240. The molecule has 9 heteroatoms. The van der Waals surface area contributed by atoms with Crippen molar-refractivity contribution in [1.29, 1.82) is 0 Å². The van der Waals surface area contributed by atoms with Crippen LogP contribution in [0.3, 0.4) is 0 Å². The van der Waals surface area contributed by atoms with Gasteiger partial charge in [0.15, 0.2) is 0 Å². The monoisotopic (exact) mass is 518 g/mol. The minimum absolute atomic E-state index is 0.0495. The van der Waals surface area contributed by atoms with Crippen molar-refractivity contribution in [1.82, 2.24) is 5.32 Å². The van der Waals surface area contributed by atoms with Crippen LogP contribution >= 0.6 is 23.4 Å². The summed E-state index contributed by atoms with van der Waals surface area (Å²) in [5.41, 5.74) is 1.55. The molecule has 0 spiro atoms. The molecule has 0 radical (unpaired) electrons. The summed E-state index contributed by atoms with van der Waals surface area (Å²) < 4.78 is 33.3. The highest BCUT2D eigenvalue weighted by atomic mass is 35.5. The Morgan fingerprint density at radius 1 is 1.00 bits per heavy atom. The van der Waals surface area contributed by atoms with E-state index in [9.17, 15) is 13.2 Å². The predicted octanol–water partition coefficient (Wildman–Crippen LogP) is 5.15. The van der Waals surface area contributed by atoms with E-state index in [-0.39, 0.29) is 11.4 Å². The van der Waals surface area contributed by atoms with Crippen molar-refractivity contribution < 1.29 is 17.9 Å². The second kappa shape index (κ2) is 12.1. The zero-order valence-electron chi connectivity index (χ0n) is 19.0. The average Bonchev–Trinajstić information content (AvgIpc) is 2.82. The van der Waals surface area contributed by atoms with E-state index in [0.717, 1.165) is 9.20 Å². The summed E-state index contributed by atoms with van der Waals surface area (Å²) in [4.78, 5) is 13.9. The molecule has 0 aromatic heterocycles. The zero-order chi connectivity index (χ0) is 24.6. The number of thioether (sulfide) groups is 1. The maximum atomic E-state index is 13.4. The molecule has 0 saturated carbocycles. The van der Waals surface area contributed by atoms with E-state index < -0.39 is 15.9 Å². The molecule has 1 N–H and O–H groups in total. The van der Waals surface area contributed by atoms with Crippen molar-refractivity contribution in [2.75, 3.05) is 29.8 Å². The van der Waals surface area contributed by atoms with Crippen molar-refractivity contribution in [2.45, 2.75) is 23.6 Å². The van der Waals surface area contributed by atoms with Crippen LogP contribution in [0.1, 0.15) is 12.5 Å². The Kier molecular flexibility index (Phi) is 9.27. The van der Waals surface area contributed by atoms with Crippen molar-refractivity contribution in [3.05, 3.63) is 83.4 Å². The summed E-state index contributed by atoms with van der Waals surface area (Å²) in [5, 5.41) is 3.24. The van der Waals surface area contributed by atoms with Crippen LogP contribution in [-0.4, -0.2) is 39.8 Å². The van der Waals surface area contributed by atoms with Crippen LogP contribution < -0.4 is 14.4 Å². The molecule has 3 aromatic carbocycles. The molecule has 3 rings (SSSR count). The number of ether oxygens (including phenoxy) is 1. The molecule has 1 amide bonds. The van der Waals surface area contributed by atoms with Crippen LogP contribution in [0.15, 0.2) is 82.6 Å². The Bertz CT molecular complexity index is 1180. The summed E-state index contributed by atoms with van der Waals surface area (Å²) in [6.07, 6.45) is 0. The van der Waals surface area contributed by atoms with Gasteiger partial charge in [-0.15, -0.1) is 11.8 Å². The molecule has 180 valence electrons. The molecule has 0 atom stereocenters. The highest BCUT2D eigenvalue weighted by molar-refractivity contribution is 7.99. The molecule has 0 unspecified atom stereocenters. The fourth-order valence-corrected chi connectivity index (χ4v) is 5.42. The average molecular weight is 519 g/mol. The number of nitrogens with zero attached hydrogens (tertiary/aromatic N) is 1. The number of hydrogen-bond donors (Lipinski definition) is 1. The summed E-state index contributed by atoms with van der Waals surface area (Å²) in [5.74, 6) is 0.894. The van der Waals surface area contributed by atoms with Crippen molar-refractivity contribution in [2.24, 2.45) is 0 Å². The molecule has 0 bridgehead atoms. The van der Waals surface area contributed by atoms with Crippen LogP contribution in [0.25, 0.3) is 0 Å². The van der Waals surface area contributed by atoms with E-state index >= 15 is 0 Å². The number of amides is 1. The van der Waals surface area contributed by atoms with Gasteiger partial charge in [-0.25, -0.2) is 8.42 Å². The first-order chi connectivity index (χ1) is 16.3. The summed E-state index contributed by atoms with van der Waals surface area (Å²) in [6.45, 7) is 4.45. The van der Waals surface area contributed by atoms with E-state index in [0.29, 0.717) is 35.4 Å². The number of benzene rings is 3. The van der Waals surface area contributed by atoms with Gasteiger partial charge in [-0.05, 0) is 74.5 Å². The number of aryl methyl sites for hydroxylation is 1. The fourth-order valence-electron chi connectivity index (χ4n) is 3.10. The van der Waals surface area contributed by atoms with Crippen molar-refractivity contribution in [3.63, 3.8) is 0 Å². The Labute approximate surface area is 210 Å². The Morgan fingerprint density at radius 2 is 1.65 bits per heavy atom. The maximum absolute atomic E-state index is 13.4. The van der Waals surface area contributed by atoms with Crippen LogP contribution in [0.2, 0.25) is 5.02 Å². The second-order valence-corrected chi connectivity index (χ2v) is 10.9. The van der Waals surface area contributed by atoms with Crippen LogP contribution in [0, 0.1) is 6.92 Å². The van der Waals surface area contributed by atoms with Gasteiger partial charge in [-0.2, -0.15) is 0 Å². The lowest BCUT2D eigenvalue weighted by Gasteiger charge is -2.24. The van der Waals surface area contributed by atoms with Gasteiger partial charge in [-0.3, -0.25) is 9.10 Å². The molecule has 0 fully saturated rings. The SMILES string of the molecule is CCOc1ccc(N(CC(=O)NCCSc2ccc(C)cc2)S(=O)(=O)c2ccc(Cl)cc2)cc1. The van der Waals surface area contributed by atoms with E-state index in [1.54, 1.807) is 36.0 Å². The molecule has 0 aliphatic heterocycles. The molecule has 34 heavy (non-hydrogen) atoms. The highest BCUT2D eigenvalue weighted by Gasteiger charge is 2.27. The first-order valence-corrected chi connectivity index (χ1v) is 13.6. The van der Waals surface area contributed by atoms with Crippen LogP contribution in [0.4, 0.5) is 5.69 Å². The first-order valence-electron chi connectivity index (χ1n) is 10.8. The summed E-state index contributed by atoms with van der Waals surface area (Å²) >= 11 is 7.55. The predicted molar refractivity (Wildman–Crippen MR) is 139 cm³/mol. The number of sulfonamides is 1. The number of rotatable bonds is 11. The van der Waals surface area contributed by atoms with E-state index in [4.69, 9.17) is 16.3 Å². The van der Waals surface area contributed by atoms with Gasteiger partial charge in [0.25, 0.3) is 10.0 Å². The minimum Gasteiger partial charge on any atom is -0.494 e. The number of carbonyl (C=O) groups is 1. The van der Waals surface area contributed by atoms with E-state index in [1.807, 2.05) is 38.1 Å². The van der Waals surface area contributed by atoms with Gasteiger partial charge < -0.3 is 10.1 Å². The molecule has 0 aliphatic rings. The molecule has 6 nitrogen and oxygen atoms in total. The highest BCUT2D eigenvalue weighted by Crippen LogP contribution is 2.26. The normalized spacial score (nSPS) is 11.1. The lowest BCUT2D eigenvalue weighted by atomic mass is 10.2. The van der Waals surface area contributed by atoms with Gasteiger partial charge in [0, 0.05) is 22.2 Å². The minimum atomic E-state index is -4.00. The third-order valence-electron chi connectivity index (χ3n) is 4.84. The molecule has 0 heterocycles. The summed E-state index contributed by atoms with van der Waals surface area (Å²) in [7, 11) is -4.00. The molecule has 0 saturated heterocycles. The zero-order valence-corrected chi connectivity index (χ0v) is 21.4. The van der Waals surface area contributed by atoms with Gasteiger partial charge in [0.1, 0.15) is 12.3 Å². The number of anilines is 1. The first kappa shape index (κ1) is 25.9. The third-order valence-corrected chi connectivity index (χ3v) is 7.89. The Morgan fingerprint density at radius 3 is 2.26 bits per heavy atom. The standard InChI is InChI=1S/C25H27ClN2O4S2/c1-3-32-22-10-8-21(9-11-22)28(34(30,31)24-14-6-20(26)7-15-24)18-25(29)27-16-17-33-23-12-4-19(2)5-13-23/h4-15H,3,16-18H2,1-2H3,(H,27,29). The molecular weight excluding hydrogens is 492 g/mol. The van der Waals surface area contributed by atoms with Gasteiger partial charge in [-0.1, -0.05) is 29.3 Å². The quantitative estimate of drug-likeness (QED) is 0.280. The largest absolute Gasteiger partial charge is 0.494 e. The van der Waals surface area contributed by atoms with Gasteiger partial charge in [0.05, 0.1) is 17.2 Å². The second-order valence-electron chi connectivity index (χ2n) is 7.40.